The Kier molecular flexibility index (Phi) is 8.27. The van der Waals surface area contributed by atoms with E-state index in [2.05, 4.69) is 58.0 Å². The Bertz CT molecular complexity index is 791. The third-order valence-electron chi connectivity index (χ3n) is 5.58. The molecular formula is C27H40O3. The van der Waals surface area contributed by atoms with E-state index in [4.69, 9.17) is 14.5 Å². The summed E-state index contributed by atoms with van der Waals surface area (Å²) in [7, 11) is 0. The highest BCUT2D eigenvalue weighted by Crippen LogP contribution is 2.33. The Morgan fingerprint density at radius 2 is 1.37 bits per heavy atom. The number of benzene rings is 2. The second-order valence-electron chi connectivity index (χ2n) is 9.83. The molecule has 3 heteroatoms. The summed E-state index contributed by atoms with van der Waals surface area (Å²) in [6, 6.07) is 16.7. The van der Waals surface area contributed by atoms with E-state index in [0.29, 0.717) is 0 Å². The van der Waals surface area contributed by atoms with Crippen LogP contribution in [0.15, 0.2) is 48.5 Å². The van der Waals surface area contributed by atoms with Crippen molar-refractivity contribution < 1.29 is 14.5 Å². The van der Waals surface area contributed by atoms with Crippen LogP contribution < -0.4 is 0 Å². The maximum atomic E-state index is 6.14. The smallest absolute Gasteiger partial charge is 0.123 e. The molecule has 30 heavy (non-hydrogen) atoms. The summed E-state index contributed by atoms with van der Waals surface area (Å²) in [4.78, 5) is 12.0. The summed E-state index contributed by atoms with van der Waals surface area (Å²) in [5.74, 6) is 0. The third-order valence-corrected chi connectivity index (χ3v) is 5.58. The van der Waals surface area contributed by atoms with Crippen LogP contribution >= 0.6 is 0 Å². The zero-order valence-electron chi connectivity index (χ0n) is 20.2. The molecule has 0 heterocycles. The van der Waals surface area contributed by atoms with Gasteiger partial charge in [0.1, 0.15) is 11.2 Å². The SMILES string of the molecule is CCCCOC(C)(C)Cc1cc(C(C)(C)OOC(C)(C)c2ccccc2)ccc1C. The summed E-state index contributed by atoms with van der Waals surface area (Å²) in [6.45, 7) is 17.6. The molecular weight excluding hydrogens is 372 g/mol. The van der Waals surface area contributed by atoms with Crippen LogP contribution in [0.5, 0.6) is 0 Å². The molecule has 0 saturated carbocycles. The molecule has 0 atom stereocenters. The molecule has 166 valence electrons. The maximum Gasteiger partial charge on any atom is 0.123 e. The number of unbranched alkanes of at least 4 members (excludes halogenated alkanes) is 1. The van der Waals surface area contributed by atoms with Gasteiger partial charge >= 0.3 is 0 Å². The zero-order chi connectivity index (χ0) is 22.4. The lowest BCUT2D eigenvalue weighted by Crippen LogP contribution is -2.30. The maximum absolute atomic E-state index is 6.14. The van der Waals surface area contributed by atoms with E-state index in [-0.39, 0.29) is 5.60 Å². The van der Waals surface area contributed by atoms with Gasteiger partial charge in [-0.2, -0.15) is 0 Å². The number of hydrogen-bond acceptors (Lipinski definition) is 3. The molecule has 0 aromatic heterocycles. The molecule has 0 fully saturated rings. The van der Waals surface area contributed by atoms with Crippen molar-refractivity contribution >= 4 is 0 Å². The van der Waals surface area contributed by atoms with E-state index in [1.807, 2.05) is 45.9 Å². The van der Waals surface area contributed by atoms with Gasteiger partial charge in [-0.15, -0.1) is 0 Å². The summed E-state index contributed by atoms with van der Waals surface area (Å²) in [5.41, 5.74) is 3.41. The van der Waals surface area contributed by atoms with Crippen molar-refractivity contribution in [3.63, 3.8) is 0 Å². The standard InChI is InChI=1S/C27H40O3/c1-9-10-18-28-25(3,4)20-22-19-24(17-16-21(22)2)27(7,8)30-29-26(5,6)23-14-12-11-13-15-23/h11-17,19H,9-10,18,20H2,1-8H3. The normalized spacial score (nSPS) is 12.9. The molecule has 0 N–H and O–H groups in total. The predicted molar refractivity (Wildman–Crippen MR) is 124 cm³/mol. The first-order chi connectivity index (χ1) is 14.0. The molecule has 0 saturated heterocycles. The van der Waals surface area contributed by atoms with Gasteiger partial charge in [0, 0.05) is 13.0 Å². The van der Waals surface area contributed by atoms with E-state index in [0.717, 1.165) is 37.0 Å². The van der Waals surface area contributed by atoms with Crippen molar-refractivity contribution in [1.82, 2.24) is 0 Å². The summed E-state index contributed by atoms with van der Waals surface area (Å²) in [6.07, 6.45) is 3.11. The van der Waals surface area contributed by atoms with Crippen molar-refractivity contribution in [1.29, 1.82) is 0 Å². The van der Waals surface area contributed by atoms with E-state index in [1.54, 1.807) is 0 Å². The molecule has 2 rings (SSSR count). The Balaban J connectivity index is 2.13. The Labute approximate surface area is 183 Å². The van der Waals surface area contributed by atoms with Crippen molar-refractivity contribution in [3.8, 4) is 0 Å². The molecule has 0 amide bonds. The summed E-state index contributed by atoms with van der Waals surface area (Å²) < 4.78 is 6.14. The van der Waals surface area contributed by atoms with Gasteiger partial charge in [-0.1, -0.05) is 61.9 Å². The van der Waals surface area contributed by atoms with Crippen LogP contribution in [0.25, 0.3) is 0 Å². The van der Waals surface area contributed by atoms with Crippen LogP contribution in [-0.2, 0) is 32.1 Å². The molecule has 0 aliphatic heterocycles. The molecule has 0 spiro atoms. The highest BCUT2D eigenvalue weighted by Gasteiger charge is 2.30. The number of rotatable bonds is 11. The van der Waals surface area contributed by atoms with Gasteiger partial charge in [0.25, 0.3) is 0 Å². The van der Waals surface area contributed by atoms with Crippen LogP contribution in [0.2, 0.25) is 0 Å². The Morgan fingerprint density at radius 3 is 1.97 bits per heavy atom. The first-order valence-corrected chi connectivity index (χ1v) is 11.1. The lowest BCUT2D eigenvalue weighted by molar-refractivity contribution is -0.410. The van der Waals surface area contributed by atoms with E-state index in [9.17, 15) is 0 Å². The second kappa shape index (κ2) is 10.1. The number of aryl methyl sites for hydroxylation is 1. The lowest BCUT2D eigenvalue weighted by atomic mass is 9.89. The van der Waals surface area contributed by atoms with E-state index < -0.39 is 11.2 Å². The average molecular weight is 413 g/mol. The van der Waals surface area contributed by atoms with Crippen LogP contribution in [0, 0.1) is 6.92 Å². The number of ether oxygens (including phenoxy) is 1. The summed E-state index contributed by atoms with van der Waals surface area (Å²) >= 11 is 0. The largest absolute Gasteiger partial charge is 0.375 e. The molecule has 0 bridgehead atoms. The Hall–Kier alpha value is -1.68. The highest BCUT2D eigenvalue weighted by atomic mass is 17.2. The second-order valence-corrected chi connectivity index (χ2v) is 9.83. The molecule has 3 nitrogen and oxygen atoms in total. The fraction of sp³-hybridized carbons (Fsp3) is 0.556. The fourth-order valence-electron chi connectivity index (χ4n) is 3.38. The van der Waals surface area contributed by atoms with Gasteiger partial charge in [0.15, 0.2) is 0 Å². The molecule has 2 aromatic rings. The summed E-state index contributed by atoms with van der Waals surface area (Å²) in [5, 5.41) is 0. The van der Waals surface area contributed by atoms with Crippen LogP contribution in [0.3, 0.4) is 0 Å². The zero-order valence-corrected chi connectivity index (χ0v) is 20.2. The van der Waals surface area contributed by atoms with Gasteiger partial charge in [0.2, 0.25) is 0 Å². The monoisotopic (exact) mass is 412 g/mol. The van der Waals surface area contributed by atoms with E-state index in [1.165, 1.54) is 11.1 Å². The minimum Gasteiger partial charge on any atom is -0.375 e. The van der Waals surface area contributed by atoms with E-state index >= 15 is 0 Å². The molecule has 0 radical (unpaired) electrons. The van der Waals surface area contributed by atoms with Crippen LogP contribution in [0.1, 0.15) is 83.6 Å². The van der Waals surface area contributed by atoms with Gasteiger partial charge in [-0.05, 0) is 77.1 Å². The molecule has 2 aromatic carbocycles. The number of hydrogen-bond donors (Lipinski definition) is 0. The lowest BCUT2D eigenvalue weighted by Gasteiger charge is -2.32. The van der Waals surface area contributed by atoms with Gasteiger partial charge in [-0.25, -0.2) is 9.78 Å². The minimum atomic E-state index is -0.582. The van der Waals surface area contributed by atoms with Gasteiger partial charge in [-0.3, -0.25) is 0 Å². The Morgan fingerprint density at radius 1 is 0.767 bits per heavy atom. The van der Waals surface area contributed by atoms with Gasteiger partial charge < -0.3 is 4.74 Å². The van der Waals surface area contributed by atoms with Crippen LogP contribution in [0.4, 0.5) is 0 Å². The van der Waals surface area contributed by atoms with Crippen LogP contribution in [-0.4, -0.2) is 12.2 Å². The topological polar surface area (TPSA) is 27.7 Å². The molecule has 0 aliphatic carbocycles. The van der Waals surface area contributed by atoms with Crippen molar-refractivity contribution in [2.45, 2.75) is 91.5 Å². The highest BCUT2D eigenvalue weighted by molar-refractivity contribution is 5.34. The third kappa shape index (κ3) is 6.94. The first kappa shape index (κ1) is 24.6. The molecule has 0 aliphatic rings. The van der Waals surface area contributed by atoms with Crippen molar-refractivity contribution in [3.05, 3.63) is 70.8 Å². The first-order valence-electron chi connectivity index (χ1n) is 11.1. The quantitative estimate of drug-likeness (QED) is 0.221. The van der Waals surface area contributed by atoms with Crippen molar-refractivity contribution in [2.24, 2.45) is 0 Å². The van der Waals surface area contributed by atoms with Gasteiger partial charge in [0.05, 0.1) is 5.60 Å². The minimum absolute atomic E-state index is 0.199. The average Bonchev–Trinajstić information content (AvgIpc) is 2.69. The fourth-order valence-corrected chi connectivity index (χ4v) is 3.38. The predicted octanol–water partition coefficient (Wildman–Crippen LogP) is 7.25. The molecule has 0 unspecified atom stereocenters. The van der Waals surface area contributed by atoms with Crippen molar-refractivity contribution in [2.75, 3.05) is 6.61 Å².